The van der Waals surface area contributed by atoms with Crippen LogP contribution in [0.25, 0.3) is 5.73 Å². The Morgan fingerprint density at radius 2 is 1.48 bits per heavy atom. The Kier molecular flexibility index (Phi) is 7.83. The number of benzene rings is 2. The third kappa shape index (κ3) is 5.49. The van der Waals surface area contributed by atoms with Gasteiger partial charge in [0.25, 0.3) is 5.69 Å². The van der Waals surface area contributed by atoms with E-state index >= 15 is 0 Å². The molecule has 0 saturated carbocycles. The summed E-state index contributed by atoms with van der Waals surface area (Å²) in [5.74, 6) is 0. The van der Waals surface area contributed by atoms with Crippen molar-refractivity contribution in [1.82, 2.24) is 4.90 Å². The zero-order valence-corrected chi connectivity index (χ0v) is 18.8. The molecule has 0 unspecified atom stereocenters. The quantitative estimate of drug-likeness (QED) is 0.421. The number of nitro benzene ring substituents is 1. The maximum Gasteiger partial charge on any atom is 0.269 e. The predicted octanol–water partition coefficient (Wildman–Crippen LogP) is 3.47. The van der Waals surface area contributed by atoms with Crippen molar-refractivity contribution >= 4 is 11.4 Å². The number of nitrogens with zero attached hydrogens (tertiary/aromatic N) is 3. The van der Waals surface area contributed by atoms with Gasteiger partial charge >= 0.3 is 0 Å². The van der Waals surface area contributed by atoms with Gasteiger partial charge in [-0.2, -0.15) is 0 Å². The molecule has 1 saturated heterocycles. The molecule has 0 amide bonds. The molecule has 7 heteroatoms. The zero-order valence-electron chi connectivity index (χ0n) is 14.1. The molecule has 6 nitrogen and oxygen atoms in total. The van der Waals surface area contributed by atoms with Crippen LogP contribution < -0.4 is 4.90 Å². The number of hydrogen-bond donors (Lipinski definition) is 0. The van der Waals surface area contributed by atoms with Crippen LogP contribution in [0.5, 0.6) is 0 Å². The van der Waals surface area contributed by atoms with Gasteiger partial charge < -0.3 is 10.6 Å². The average Bonchev–Trinajstić information content (AvgIpc) is 2.63. The molecule has 1 N–H and O–H groups in total. The second-order valence-electron chi connectivity index (χ2n) is 6.03. The first-order chi connectivity index (χ1) is 11.7. The molecule has 0 spiro atoms. The van der Waals surface area contributed by atoms with E-state index in [4.69, 9.17) is 5.73 Å². The number of piperazine rings is 1. The third-order valence-corrected chi connectivity index (χ3v) is 4.43. The number of hydrogen-bond acceptors (Lipinski definition) is 4. The molecule has 3 rings (SSSR count). The summed E-state index contributed by atoms with van der Waals surface area (Å²) in [6.45, 7) is 5.03. The van der Waals surface area contributed by atoms with Crippen LogP contribution in [0.4, 0.5) is 11.4 Å². The van der Waals surface area contributed by atoms with Crippen molar-refractivity contribution < 1.29 is 49.0 Å². The minimum Gasteiger partial charge on any atom is -0.674 e. The number of non-ortho nitro benzene ring substituents is 1. The van der Waals surface area contributed by atoms with Gasteiger partial charge in [0.2, 0.25) is 0 Å². The number of nitrogens with one attached hydrogen (secondary N) is 1. The van der Waals surface area contributed by atoms with Gasteiger partial charge in [-0.05, 0) is 17.7 Å². The van der Waals surface area contributed by atoms with Crippen LogP contribution in [0.15, 0.2) is 48.5 Å². The fourth-order valence-corrected chi connectivity index (χ4v) is 2.97. The van der Waals surface area contributed by atoms with E-state index in [1.165, 1.54) is 5.56 Å². The molecule has 2 aromatic rings. The van der Waals surface area contributed by atoms with Crippen molar-refractivity contribution in [2.45, 2.75) is 13.1 Å². The molecule has 0 atom stereocenters. The SMILES string of the molecule is [Ac].[NH-]Cc1ccc(CN2CCN(c3ccc([N+](=O)[O-])cc3)CC2)cc1. The van der Waals surface area contributed by atoms with E-state index in [0.29, 0.717) is 6.54 Å². The summed E-state index contributed by atoms with van der Waals surface area (Å²) in [6.07, 6.45) is 0. The first-order valence-corrected chi connectivity index (χ1v) is 8.10. The van der Waals surface area contributed by atoms with E-state index in [1.807, 2.05) is 24.3 Å². The van der Waals surface area contributed by atoms with Crippen molar-refractivity contribution in [3.05, 3.63) is 75.5 Å². The molecule has 1 radical (unpaired) electrons. The minimum atomic E-state index is -0.367. The molecule has 2 aromatic carbocycles. The Balaban J connectivity index is 0.00000225. The number of rotatable bonds is 5. The van der Waals surface area contributed by atoms with Crippen LogP contribution in [-0.4, -0.2) is 36.0 Å². The Morgan fingerprint density at radius 1 is 0.920 bits per heavy atom. The van der Waals surface area contributed by atoms with Gasteiger partial charge in [0, 0.05) is 94.6 Å². The molecule has 0 aliphatic carbocycles. The van der Waals surface area contributed by atoms with E-state index in [0.717, 1.165) is 44.0 Å². The molecule has 25 heavy (non-hydrogen) atoms. The number of nitro groups is 1. The van der Waals surface area contributed by atoms with E-state index < -0.39 is 0 Å². The summed E-state index contributed by atoms with van der Waals surface area (Å²) in [5, 5.41) is 10.7. The Morgan fingerprint density at radius 3 is 2.00 bits per heavy atom. The van der Waals surface area contributed by atoms with Crippen LogP contribution in [0.1, 0.15) is 11.1 Å². The Hall–Kier alpha value is -0.998. The topological polar surface area (TPSA) is 73.4 Å². The fraction of sp³-hybridized carbons (Fsp3) is 0.333. The summed E-state index contributed by atoms with van der Waals surface area (Å²) in [4.78, 5) is 15.0. The normalized spacial score (nSPS) is 14.8. The molecule has 1 aliphatic heterocycles. The summed E-state index contributed by atoms with van der Waals surface area (Å²) in [5.41, 5.74) is 10.8. The molecule has 129 valence electrons. The smallest absolute Gasteiger partial charge is 0.269 e. The molecule has 0 bridgehead atoms. The van der Waals surface area contributed by atoms with Crippen molar-refractivity contribution in [2.24, 2.45) is 0 Å². The van der Waals surface area contributed by atoms with Gasteiger partial charge in [-0.1, -0.05) is 29.8 Å². The van der Waals surface area contributed by atoms with E-state index in [2.05, 4.69) is 21.9 Å². The standard InChI is InChI=1S/C18H21N4O2.Ac/c19-13-15-1-3-16(4-2-15)14-20-9-11-21(12-10-20)17-5-7-18(8-6-17)22(23)24;/h1-8,19H,9-14H2;/q-1;. The maximum absolute atomic E-state index is 10.7. The van der Waals surface area contributed by atoms with Crippen molar-refractivity contribution in [1.29, 1.82) is 0 Å². The Labute approximate surface area is 183 Å². The van der Waals surface area contributed by atoms with Gasteiger partial charge in [-0.15, -0.1) is 6.54 Å². The summed E-state index contributed by atoms with van der Waals surface area (Å²) < 4.78 is 0. The third-order valence-electron chi connectivity index (χ3n) is 4.43. The second-order valence-corrected chi connectivity index (χ2v) is 6.03. The molecule has 1 heterocycles. The molecule has 0 aromatic heterocycles. The predicted molar refractivity (Wildman–Crippen MR) is 95.1 cm³/mol. The Bertz CT molecular complexity index is 683. The first-order valence-electron chi connectivity index (χ1n) is 8.10. The molecule has 1 fully saturated rings. The largest absolute Gasteiger partial charge is 0.674 e. The monoisotopic (exact) mass is 552 g/mol. The minimum absolute atomic E-state index is 0. The maximum atomic E-state index is 10.7. The van der Waals surface area contributed by atoms with Gasteiger partial charge in [0.05, 0.1) is 4.92 Å². The van der Waals surface area contributed by atoms with Gasteiger partial charge in [0.15, 0.2) is 0 Å². The average molecular weight is 552 g/mol. The van der Waals surface area contributed by atoms with Crippen molar-refractivity contribution in [3.63, 3.8) is 0 Å². The second kappa shape index (κ2) is 9.63. The van der Waals surface area contributed by atoms with Crippen LogP contribution >= 0.6 is 0 Å². The molecular weight excluding hydrogens is 531 g/mol. The van der Waals surface area contributed by atoms with Gasteiger partial charge in [0.1, 0.15) is 0 Å². The summed E-state index contributed by atoms with van der Waals surface area (Å²) in [6, 6.07) is 15.0. The van der Waals surface area contributed by atoms with Crippen molar-refractivity contribution in [2.75, 3.05) is 31.1 Å². The van der Waals surface area contributed by atoms with Gasteiger partial charge in [-0.3, -0.25) is 15.0 Å². The zero-order chi connectivity index (χ0) is 16.9. The van der Waals surface area contributed by atoms with Crippen LogP contribution in [0, 0.1) is 54.2 Å². The summed E-state index contributed by atoms with van der Waals surface area (Å²) >= 11 is 0. The van der Waals surface area contributed by atoms with E-state index in [9.17, 15) is 10.1 Å². The van der Waals surface area contributed by atoms with Crippen LogP contribution in [-0.2, 0) is 13.1 Å². The first kappa shape index (κ1) is 20.3. The van der Waals surface area contributed by atoms with Gasteiger partial charge in [-0.25, -0.2) is 0 Å². The van der Waals surface area contributed by atoms with E-state index in [1.54, 1.807) is 12.1 Å². The molecule has 1 aliphatic rings. The van der Waals surface area contributed by atoms with Crippen LogP contribution in [0.2, 0.25) is 0 Å². The van der Waals surface area contributed by atoms with Crippen molar-refractivity contribution in [3.8, 4) is 0 Å². The number of anilines is 1. The van der Waals surface area contributed by atoms with Crippen LogP contribution in [0.3, 0.4) is 0 Å². The summed E-state index contributed by atoms with van der Waals surface area (Å²) in [7, 11) is 0. The molecular formula is C18H21AcN4O2-. The fourth-order valence-electron chi connectivity index (χ4n) is 2.97. The van der Waals surface area contributed by atoms with E-state index in [-0.39, 0.29) is 54.7 Å².